The number of furan rings is 1. The fourth-order valence-electron chi connectivity index (χ4n) is 4.67. The van der Waals surface area contributed by atoms with Crippen LogP contribution in [-0.4, -0.2) is 64.9 Å². The Balaban J connectivity index is 1.64. The van der Waals surface area contributed by atoms with Crippen molar-refractivity contribution in [3.05, 3.63) is 24.1 Å². The van der Waals surface area contributed by atoms with Gasteiger partial charge >= 0.3 is 0 Å². The average Bonchev–Trinajstić information content (AvgIpc) is 3.25. The maximum absolute atomic E-state index is 13.5. The van der Waals surface area contributed by atoms with Gasteiger partial charge in [0.1, 0.15) is 11.2 Å². The molecule has 0 saturated heterocycles. The molecule has 0 bridgehead atoms. The van der Waals surface area contributed by atoms with E-state index < -0.39 is 5.54 Å². The molecule has 2 aromatic heterocycles. The molecular weight excluding hydrogens is 368 g/mol. The Hall–Kier alpha value is -2.28. The second-order valence-electron chi connectivity index (χ2n) is 9.25. The second kappa shape index (κ2) is 7.52. The van der Waals surface area contributed by atoms with Crippen LogP contribution in [0.3, 0.4) is 0 Å². The topological polar surface area (TPSA) is 70.7 Å². The number of likely N-dealkylation sites (N-methyl/N-ethyl adjacent to an activating group) is 1. The summed E-state index contributed by atoms with van der Waals surface area (Å²) in [5.74, 6) is 0.558. The maximum atomic E-state index is 13.5. The Labute approximate surface area is 172 Å². The summed E-state index contributed by atoms with van der Waals surface area (Å²) in [6.45, 7) is 5.80. The first-order valence-electron chi connectivity index (χ1n) is 10.6. The van der Waals surface area contributed by atoms with Crippen LogP contribution in [-0.2, 0) is 11.3 Å². The molecule has 4 rings (SSSR count). The summed E-state index contributed by atoms with van der Waals surface area (Å²) >= 11 is 0. The van der Waals surface area contributed by atoms with Gasteiger partial charge < -0.3 is 24.1 Å². The van der Waals surface area contributed by atoms with Crippen LogP contribution in [0.4, 0.5) is 0 Å². The van der Waals surface area contributed by atoms with Gasteiger partial charge in [0.05, 0.1) is 18.3 Å². The Kier molecular flexibility index (Phi) is 5.19. The normalized spacial score (nSPS) is 27.5. The third kappa shape index (κ3) is 3.56. The highest BCUT2D eigenvalue weighted by Crippen LogP contribution is 2.33. The Morgan fingerprint density at radius 2 is 2.03 bits per heavy atom. The maximum Gasteiger partial charge on any atom is 0.271 e. The van der Waals surface area contributed by atoms with Crippen molar-refractivity contribution in [1.82, 2.24) is 19.7 Å². The summed E-state index contributed by atoms with van der Waals surface area (Å²) in [6.07, 6.45) is 5.93. The molecule has 29 heavy (non-hydrogen) atoms. The van der Waals surface area contributed by atoms with Crippen LogP contribution in [0.25, 0.3) is 11.1 Å². The van der Waals surface area contributed by atoms with Crippen LogP contribution in [0.1, 0.15) is 50.0 Å². The number of nitrogens with one attached hydrogen (secondary N) is 1. The van der Waals surface area contributed by atoms with Gasteiger partial charge in [0.15, 0.2) is 5.58 Å². The first-order chi connectivity index (χ1) is 13.8. The van der Waals surface area contributed by atoms with Gasteiger partial charge in [-0.3, -0.25) is 9.59 Å². The zero-order valence-corrected chi connectivity index (χ0v) is 17.9. The van der Waals surface area contributed by atoms with Gasteiger partial charge in [-0.05, 0) is 52.6 Å². The zero-order chi connectivity index (χ0) is 20.8. The summed E-state index contributed by atoms with van der Waals surface area (Å²) in [6, 6.07) is 3.85. The number of hydrogen-bond acceptors (Lipinski definition) is 4. The van der Waals surface area contributed by atoms with Crippen LogP contribution >= 0.6 is 0 Å². The van der Waals surface area contributed by atoms with Crippen LogP contribution in [0, 0.1) is 5.92 Å². The molecule has 0 radical (unpaired) electrons. The molecule has 1 aliphatic carbocycles. The van der Waals surface area contributed by atoms with E-state index in [0.717, 1.165) is 37.1 Å². The Morgan fingerprint density at radius 3 is 2.72 bits per heavy atom. The lowest BCUT2D eigenvalue weighted by Crippen LogP contribution is -2.65. The van der Waals surface area contributed by atoms with Gasteiger partial charge in [-0.2, -0.15) is 0 Å². The smallest absolute Gasteiger partial charge is 0.271 e. The lowest BCUT2D eigenvalue weighted by atomic mass is 9.86. The van der Waals surface area contributed by atoms with E-state index in [1.165, 1.54) is 0 Å². The van der Waals surface area contributed by atoms with Crippen molar-refractivity contribution in [1.29, 1.82) is 0 Å². The number of aromatic nitrogens is 1. The van der Waals surface area contributed by atoms with Crippen LogP contribution in [0.2, 0.25) is 0 Å². The summed E-state index contributed by atoms with van der Waals surface area (Å²) in [5, 5.41) is 3.27. The van der Waals surface area contributed by atoms with Crippen molar-refractivity contribution in [2.24, 2.45) is 5.92 Å². The van der Waals surface area contributed by atoms with Gasteiger partial charge in [0, 0.05) is 31.3 Å². The summed E-state index contributed by atoms with van der Waals surface area (Å²) < 4.78 is 7.45. The number of nitrogens with zero attached hydrogens (tertiary/aromatic N) is 3. The molecule has 2 aliphatic rings. The second-order valence-corrected chi connectivity index (χ2v) is 9.25. The van der Waals surface area contributed by atoms with Crippen molar-refractivity contribution in [2.45, 2.75) is 57.7 Å². The van der Waals surface area contributed by atoms with Crippen LogP contribution < -0.4 is 5.32 Å². The molecule has 2 amide bonds. The van der Waals surface area contributed by atoms with Gasteiger partial charge in [0.25, 0.3) is 5.91 Å². The highest BCUT2D eigenvalue weighted by atomic mass is 16.3. The van der Waals surface area contributed by atoms with Crippen LogP contribution in [0.5, 0.6) is 0 Å². The fourth-order valence-corrected chi connectivity index (χ4v) is 4.67. The summed E-state index contributed by atoms with van der Waals surface area (Å²) in [5.41, 5.74) is 1.21. The van der Waals surface area contributed by atoms with E-state index in [1.54, 1.807) is 17.2 Å². The number of hydrogen-bond donors (Lipinski definition) is 1. The van der Waals surface area contributed by atoms with Gasteiger partial charge in [-0.15, -0.1) is 0 Å². The van der Waals surface area contributed by atoms with E-state index in [1.807, 2.05) is 36.6 Å². The van der Waals surface area contributed by atoms with Crippen molar-refractivity contribution >= 4 is 22.9 Å². The molecule has 7 nitrogen and oxygen atoms in total. The van der Waals surface area contributed by atoms with Crippen molar-refractivity contribution in [3.8, 4) is 0 Å². The molecule has 1 unspecified atom stereocenters. The van der Waals surface area contributed by atoms with E-state index in [0.29, 0.717) is 30.9 Å². The molecule has 158 valence electrons. The molecule has 0 spiro atoms. The first kappa shape index (κ1) is 20.0. The molecule has 1 saturated carbocycles. The highest BCUT2D eigenvalue weighted by molar-refractivity contribution is 6.02. The molecule has 1 N–H and O–H groups in total. The fraction of sp³-hybridized carbons (Fsp3) is 0.636. The highest BCUT2D eigenvalue weighted by Gasteiger charge is 2.48. The Bertz CT molecular complexity index is 906. The largest absolute Gasteiger partial charge is 0.463 e. The third-order valence-corrected chi connectivity index (χ3v) is 6.66. The predicted octanol–water partition coefficient (Wildman–Crippen LogP) is 2.71. The number of carbonyl (C=O) groups is 2. The minimum Gasteiger partial charge on any atom is -0.463 e. The number of amides is 2. The van der Waals surface area contributed by atoms with Crippen molar-refractivity contribution in [3.63, 3.8) is 0 Å². The van der Waals surface area contributed by atoms with E-state index >= 15 is 0 Å². The van der Waals surface area contributed by atoms with Crippen molar-refractivity contribution in [2.75, 3.05) is 27.2 Å². The minimum atomic E-state index is -0.938. The molecular formula is C22H32N4O3. The number of carbonyl (C=O) groups excluding carboxylic acids is 2. The number of rotatable bonds is 5. The summed E-state index contributed by atoms with van der Waals surface area (Å²) in [4.78, 5) is 30.7. The van der Waals surface area contributed by atoms with E-state index in [4.69, 9.17) is 4.42 Å². The zero-order valence-electron chi connectivity index (χ0n) is 17.9. The van der Waals surface area contributed by atoms with E-state index in [2.05, 4.69) is 12.2 Å². The minimum absolute atomic E-state index is 0.0554. The average molecular weight is 401 g/mol. The first-order valence-corrected chi connectivity index (χ1v) is 10.6. The van der Waals surface area contributed by atoms with Gasteiger partial charge in [-0.1, -0.05) is 6.92 Å². The molecule has 1 aliphatic heterocycles. The molecule has 1 fully saturated rings. The monoisotopic (exact) mass is 400 g/mol. The summed E-state index contributed by atoms with van der Waals surface area (Å²) in [7, 11) is 3.95. The lowest BCUT2D eigenvalue weighted by Gasteiger charge is -2.45. The van der Waals surface area contributed by atoms with Gasteiger partial charge in [0.2, 0.25) is 5.91 Å². The third-order valence-electron chi connectivity index (χ3n) is 6.66. The molecule has 1 atom stereocenters. The quantitative estimate of drug-likeness (QED) is 0.838. The predicted molar refractivity (Wildman–Crippen MR) is 112 cm³/mol. The van der Waals surface area contributed by atoms with Crippen molar-refractivity contribution < 1.29 is 14.0 Å². The molecule has 3 heterocycles. The van der Waals surface area contributed by atoms with E-state index in [-0.39, 0.29) is 17.9 Å². The standard InChI is InChI=1S/C22H32N4O3/c1-15-5-7-16(8-6-15)23-21(28)22(2)14-25-17-9-12-29-19(17)13-18(25)20(27)26(22)11-10-24(3)4/h9,12-13,15-16H,5-8,10-11,14H2,1-4H3,(H,23,28). The molecule has 0 aromatic carbocycles. The SMILES string of the molecule is CC1CCC(NC(=O)C2(C)Cn3c(cc4occc43)C(=O)N2CCN(C)C)CC1. The van der Waals surface area contributed by atoms with E-state index in [9.17, 15) is 9.59 Å². The van der Waals surface area contributed by atoms with Gasteiger partial charge in [-0.25, -0.2) is 0 Å². The lowest BCUT2D eigenvalue weighted by molar-refractivity contribution is -0.134. The molecule has 2 aromatic rings. The van der Waals surface area contributed by atoms with Crippen LogP contribution in [0.15, 0.2) is 22.8 Å². The molecule has 7 heteroatoms. The number of fused-ring (bicyclic) bond motifs is 3. The Morgan fingerprint density at radius 1 is 1.31 bits per heavy atom.